The number of nitrogens with zero attached hydrogens (tertiary/aromatic N) is 4. The van der Waals surface area contributed by atoms with E-state index in [2.05, 4.69) is 67.7 Å². The van der Waals surface area contributed by atoms with Gasteiger partial charge in [0.2, 0.25) is 11.5 Å². The Kier molecular flexibility index (Phi) is 4.06. The van der Waals surface area contributed by atoms with Gasteiger partial charge in [0.1, 0.15) is 6.54 Å². The molecule has 0 amide bonds. The molecule has 5 nitrogen and oxygen atoms in total. The van der Waals surface area contributed by atoms with Crippen LogP contribution >= 0.6 is 0 Å². The quantitative estimate of drug-likeness (QED) is 0.656. The van der Waals surface area contributed by atoms with Crippen molar-refractivity contribution in [3.8, 4) is 11.4 Å². The van der Waals surface area contributed by atoms with Crippen LogP contribution in [-0.2, 0) is 6.42 Å². The minimum atomic E-state index is 0.504. The molecule has 2 aromatic carbocycles. The van der Waals surface area contributed by atoms with E-state index in [1.54, 1.807) is 5.71 Å². The molecule has 3 aliphatic rings. The first kappa shape index (κ1) is 17.1. The summed E-state index contributed by atoms with van der Waals surface area (Å²) in [5.41, 5.74) is 8.42. The fraction of sp³-hybridized carbons (Fsp3) is 0.417. The standard InChI is InChI=1S/C24H26N5/c1-2-8-17(9-3-1)22-20-13-12-18(24-25-27-28-26-24)15-21(20)29-14-6-10-16-7-4-5-11-19(16)23(22)29/h4-5,7,11-13,15,17,22H,1-3,6,8-10,14H2,(H,25,26,27,28)/q+1. The molecule has 3 aromatic rings. The van der Waals surface area contributed by atoms with Crippen LogP contribution in [0.4, 0.5) is 5.69 Å². The Balaban J connectivity index is 1.56. The lowest BCUT2D eigenvalue weighted by molar-refractivity contribution is -0.437. The van der Waals surface area contributed by atoms with E-state index in [1.165, 1.54) is 60.9 Å². The minimum Gasteiger partial charge on any atom is -0.195 e. The molecule has 5 heteroatoms. The fourth-order valence-corrected chi connectivity index (χ4v) is 5.82. The molecule has 1 aliphatic carbocycles. The van der Waals surface area contributed by atoms with Crippen molar-refractivity contribution in [2.75, 3.05) is 6.54 Å². The van der Waals surface area contributed by atoms with Gasteiger partial charge in [-0.3, -0.25) is 0 Å². The number of aromatic nitrogens is 4. The van der Waals surface area contributed by atoms with Crippen molar-refractivity contribution < 1.29 is 4.58 Å². The van der Waals surface area contributed by atoms with Gasteiger partial charge >= 0.3 is 0 Å². The van der Waals surface area contributed by atoms with E-state index < -0.39 is 0 Å². The molecular weight excluding hydrogens is 358 g/mol. The third-order valence-corrected chi connectivity index (χ3v) is 7.09. The number of hydrogen-bond acceptors (Lipinski definition) is 3. The van der Waals surface area contributed by atoms with E-state index in [4.69, 9.17) is 0 Å². The molecule has 1 aromatic heterocycles. The number of fused-ring (bicyclic) bond motifs is 4. The van der Waals surface area contributed by atoms with Crippen LogP contribution in [0.1, 0.15) is 61.1 Å². The Morgan fingerprint density at radius 2 is 1.86 bits per heavy atom. The van der Waals surface area contributed by atoms with Crippen LogP contribution in [-0.4, -0.2) is 37.5 Å². The summed E-state index contributed by atoms with van der Waals surface area (Å²) in [6.45, 7) is 1.08. The van der Waals surface area contributed by atoms with E-state index in [0.29, 0.717) is 11.7 Å². The molecule has 1 saturated carbocycles. The highest BCUT2D eigenvalue weighted by atomic mass is 15.5. The maximum absolute atomic E-state index is 4.21. The zero-order valence-electron chi connectivity index (χ0n) is 16.6. The topological polar surface area (TPSA) is 57.5 Å². The maximum atomic E-state index is 4.21. The summed E-state index contributed by atoms with van der Waals surface area (Å²) in [7, 11) is 0. The predicted molar refractivity (Wildman–Crippen MR) is 113 cm³/mol. The Labute approximate surface area is 170 Å². The van der Waals surface area contributed by atoms with E-state index in [9.17, 15) is 0 Å². The second kappa shape index (κ2) is 6.90. The summed E-state index contributed by atoms with van der Waals surface area (Å²) in [6, 6.07) is 15.9. The zero-order valence-corrected chi connectivity index (χ0v) is 16.6. The first-order valence-electron chi connectivity index (χ1n) is 11.0. The zero-order chi connectivity index (χ0) is 19.2. The van der Waals surface area contributed by atoms with Crippen LogP contribution in [0.5, 0.6) is 0 Å². The monoisotopic (exact) mass is 384 g/mol. The van der Waals surface area contributed by atoms with Gasteiger partial charge in [0.05, 0.1) is 5.92 Å². The first-order valence-corrected chi connectivity index (χ1v) is 11.0. The summed E-state index contributed by atoms with van der Waals surface area (Å²) >= 11 is 0. The number of aryl methyl sites for hydroxylation is 1. The average Bonchev–Trinajstić information content (AvgIpc) is 3.37. The van der Waals surface area contributed by atoms with E-state index >= 15 is 0 Å². The summed E-state index contributed by atoms with van der Waals surface area (Å²) in [4.78, 5) is 0. The molecule has 6 rings (SSSR count). The highest BCUT2D eigenvalue weighted by molar-refractivity contribution is 6.06. The Bertz CT molecular complexity index is 1080. The van der Waals surface area contributed by atoms with Crippen LogP contribution in [0.2, 0.25) is 0 Å². The number of tetrazole rings is 1. The molecule has 1 fully saturated rings. The lowest BCUT2D eigenvalue weighted by Crippen LogP contribution is -2.25. The van der Waals surface area contributed by atoms with Crippen molar-refractivity contribution in [3.63, 3.8) is 0 Å². The fourth-order valence-electron chi connectivity index (χ4n) is 5.82. The van der Waals surface area contributed by atoms with E-state index in [-0.39, 0.29) is 0 Å². The molecule has 146 valence electrons. The van der Waals surface area contributed by atoms with Gasteiger partial charge < -0.3 is 0 Å². The van der Waals surface area contributed by atoms with Crippen molar-refractivity contribution in [1.82, 2.24) is 20.6 Å². The van der Waals surface area contributed by atoms with Crippen LogP contribution in [0.3, 0.4) is 0 Å². The van der Waals surface area contributed by atoms with Crippen molar-refractivity contribution >= 4 is 11.4 Å². The molecular formula is C24H26N5+. The van der Waals surface area contributed by atoms with Gasteiger partial charge in [-0.2, -0.15) is 9.79 Å². The summed E-state index contributed by atoms with van der Waals surface area (Å²) < 4.78 is 2.62. The van der Waals surface area contributed by atoms with Crippen LogP contribution < -0.4 is 0 Å². The van der Waals surface area contributed by atoms with Crippen LogP contribution in [0.25, 0.3) is 11.4 Å². The summed E-state index contributed by atoms with van der Waals surface area (Å²) in [5, 5.41) is 14.8. The molecule has 1 unspecified atom stereocenters. The van der Waals surface area contributed by atoms with Crippen molar-refractivity contribution in [2.45, 2.75) is 50.9 Å². The third kappa shape index (κ3) is 2.75. The van der Waals surface area contributed by atoms with Gasteiger partial charge in [-0.1, -0.05) is 49.6 Å². The largest absolute Gasteiger partial charge is 0.210 e. The maximum Gasteiger partial charge on any atom is 0.210 e. The Morgan fingerprint density at radius 1 is 0.966 bits per heavy atom. The SMILES string of the molecule is c1ccc2c(c1)CCC[N+]1=C2C(C2CCCCC2)c2ccc(-c3nn[nH]n3)cc21. The number of nitrogens with one attached hydrogen (secondary N) is 1. The number of hydrogen-bond donors (Lipinski definition) is 1. The number of aromatic amines is 1. The van der Waals surface area contributed by atoms with Crippen LogP contribution in [0, 0.1) is 5.92 Å². The third-order valence-electron chi connectivity index (χ3n) is 7.09. The predicted octanol–water partition coefficient (Wildman–Crippen LogP) is 4.62. The molecule has 0 bridgehead atoms. The molecule has 2 aliphatic heterocycles. The van der Waals surface area contributed by atoms with Gasteiger partial charge in [-0.05, 0) is 42.0 Å². The molecule has 29 heavy (non-hydrogen) atoms. The van der Waals surface area contributed by atoms with Gasteiger partial charge in [-0.15, -0.1) is 10.2 Å². The molecule has 0 saturated heterocycles. The Hall–Kier alpha value is -2.82. The summed E-state index contributed by atoms with van der Waals surface area (Å²) in [6.07, 6.45) is 9.16. The lowest BCUT2D eigenvalue weighted by atomic mass is 9.73. The number of benzene rings is 2. The summed E-state index contributed by atoms with van der Waals surface area (Å²) in [5.74, 6) is 1.92. The van der Waals surface area contributed by atoms with E-state index in [1.807, 2.05) is 0 Å². The van der Waals surface area contributed by atoms with Gasteiger partial charge in [0, 0.05) is 29.2 Å². The smallest absolute Gasteiger partial charge is 0.195 e. The molecule has 1 N–H and O–H groups in total. The van der Waals surface area contributed by atoms with Gasteiger partial charge in [0.15, 0.2) is 5.71 Å². The van der Waals surface area contributed by atoms with Crippen molar-refractivity contribution in [2.24, 2.45) is 5.92 Å². The molecule has 1 atom stereocenters. The highest BCUT2D eigenvalue weighted by Crippen LogP contribution is 2.48. The first-order chi connectivity index (χ1) is 14.4. The van der Waals surface area contributed by atoms with Gasteiger partial charge in [0.25, 0.3) is 0 Å². The average molecular weight is 385 g/mol. The lowest BCUT2D eigenvalue weighted by Gasteiger charge is -2.27. The second-order valence-corrected chi connectivity index (χ2v) is 8.68. The van der Waals surface area contributed by atoms with Crippen molar-refractivity contribution in [1.29, 1.82) is 0 Å². The molecule has 0 radical (unpaired) electrons. The normalized spacial score (nSPS) is 21.4. The number of rotatable bonds is 2. The van der Waals surface area contributed by atoms with Gasteiger partial charge in [-0.25, -0.2) is 0 Å². The Morgan fingerprint density at radius 3 is 2.72 bits per heavy atom. The molecule has 3 heterocycles. The van der Waals surface area contributed by atoms with Crippen LogP contribution in [0.15, 0.2) is 42.5 Å². The van der Waals surface area contributed by atoms with Crippen molar-refractivity contribution in [3.05, 3.63) is 59.2 Å². The number of H-pyrrole nitrogens is 1. The minimum absolute atomic E-state index is 0.504. The highest BCUT2D eigenvalue weighted by Gasteiger charge is 2.45. The molecule has 0 spiro atoms. The van der Waals surface area contributed by atoms with E-state index in [0.717, 1.165) is 24.4 Å². The second-order valence-electron chi connectivity index (χ2n) is 8.68.